The molecule has 14 heavy (non-hydrogen) atoms. The van der Waals surface area contributed by atoms with Crippen LogP contribution >= 0.6 is 23.8 Å². The van der Waals surface area contributed by atoms with Gasteiger partial charge in [0, 0.05) is 4.57 Å². The van der Waals surface area contributed by atoms with Crippen LogP contribution in [0.1, 0.15) is 0 Å². The van der Waals surface area contributed by atoms with Crippen LogP contribution in [0, 0.1) is 10.1 Å². The van der Waals surface area contributed by atoms with Gasteiger partial charge in [0.05, 0.1) is 0 Å². The Labute approximate surface area is 76.6 Å². The highest BCUT2D eigenvalue weighted by Crippen LogP contribution is 2.62. The molecule has 0 radical (unpaired) electrons. The second kappa shape index (κ2) is 4.52. The molecule has 0 amide bonds. The Hall–Kier alpha value is -0.240. The molecule has 3 atom stereocenters. The van der Waals surface area contributed by atoms with Crippen molar-refractivity contribution in [3.63, 3.8) is 0 Å². The van der Waals surface area contributed by atoms with Gasteiger partial charge in [0.15, 0.2) is 0 Å². The molecule has 0 fully saturated rings. The van der Waals surface area contributed by atoms with Gasteiger partial charge < -0.3 is 0 Å². The zero-order valence-corrected chi connectivity index (χ0v) is 8.67. The molecular weight excluding hydrogens is 267 g/mol. The van der Waals surface area contributed by atoms with E-state index in [-0.39, 0.29) is 0 Å². The minimum absolute atomic E-state index is 1.87. The Morgan fingerprint density at radius 3 is 2.07 bits per heavy atom. The van der Waals surface area contributed by atoms with Crippen LogP contribution in [0.25, 0.3) is 0 Å². The maximum atomic E-state index is 10.5. The fourth-order valence-corrected chi connectivity index (χ4v) is 2.67. The van der Waals surface area contributed by atoms with E-state index < -0.39 is 28.5 Å². The van der Waals surface area contributed by atoms with Crippen molar-refractivity contribution in [2.24, 2.45) is 0 Å². The van der Waals surface area contributed by atoms with Gasteiger partial charge in [-0.2, -0.15) is 4.57 Å². The van der Waals surface area contributed by atoms with Crippen molar-refractivity contribution in [1.82, 2.24) is 0 Å². The highest BCUT2D eigenvalue weighted by molar-refractivity contribution is 7.63. The summed E-state index contributed by atoms with van der Waals surface area (Å²) in [6.07, 6.45) is 0. The predicted molar refractivity (Wildman–Crippen MR) is 38.6 cm³/mol. The molecule has 0 heterocycles. The van der Waals surface area contributed by atoms with Gasteiger partial charge in [-0.05, 0) is 4.31 Å². The van der Waals surface area contributed by atoms with Crippen LogP contribution in [-0.4, -0.2) is 19.4 Å². The molecule has 11 nitrogen and oxygen atoms in total. The van der Waals surface area contributed by atoms with Crippen molar-refractivity contribution in [3.05, 3.63) is 10.1 Å². The van der Waals surface area contributed by atoms with E-state index in [0.717, 1.165) is 0 Å². The second-order valence-corrected chi connectivity index (χ2v) is 5.63. The van der Waals surface area contributed by atoms with Gasteiger partial charge in [-0.1, -0.05) is 0 Å². The van der Waals surface area contributed by atoms with Gasteiger partial charge in [0.2, 0.25) is 0 Å². The van der Waals surface area contributed by atoms with Crippen LogP contribution in [0.3, 0.4) is 0 Å². The molecule has 0 saturated carbocycles. The van der Waals surface area contributed by atoms with E-state index in [0.29, 0.717) is 0 Å². The Kier molecular flexibility index (Phi) is 4.44. The molecule has 14 heteroatoms. The zero-order valence-electron chi connectivity index (χ0n) is 5.99. The summed E-state index contributed by atoms with van der Waals surface area (Å²) in [7, 11) is -14.6. The minimum Gasteiger partial charge on any atom is -0.300 e. The average Bonchev–Trinajstić information content (AvgIpc) is 1.79. The third-order valence-corrected chi connectivity index (χ3v) is 4.06. The molecular formula is H3NO10P3+. The monoisotopic (exact) mass is 270 g/mol. The molecule has 0 aliphatic rings. The van der Waals surface area contributed by atoms with Crippen LogP contribution in [0.4, 0.5) is 0 Å². The molecule has 0 aliphatic heterocycles. The Morgan fingerprint density at radius 2 is 1.79 bits per heavy atom. The lowest BCUT2D eigenvalue weighted by Gasteiger charge is -2.02. The quantitative estimate of drug-likeness (QED) is 0.354. The van der Waals surface area contributed by atoms with E-state index >= 15 is 0 Å². The molecule has 0 aromatic carbocycles. The van der Waals surface area contributed by atoms with Gasteiger partial charge in [0.25, 0.3) is 0 Å². The summed E-state index contributed by atoms with van der Waals surface area (Å²) in [4.78, 5) is 34.4. The molecule has 0 bridgehead atoms. The SMILES string of the molecule is O=[N+]([O-])P(=O)(O)OP(=O)(O)O[P+](=O)O. The first-order valence-electron chi connectivity index (χ1n) is 2.44. The van der Waals surface area contributed by atoms with Crippen LogP contribution in [-0.2, 0) is 22.3 Å². The van der Waals surface area contributed by atoms with Crippen LogP contribution in [0.5, 0.6) is 0 Å². The van der Waals surface area contributed by atoms with Gasteiger partial charge in [0.1, 0.15) is 4.69 Å². The highest BCUT2D eigenvalue weighted by Gasteiger charge is 2.49. The fraction of sp³-hybridized carbons (Fsp3) is 0. The lowest BCUT2D eigenvalue weighted by molar-refractivity contribution is -0.339. The number of hydrogen-bond donors (Lipinski definition) is 3. The van der Waals surface area contributed by atoms with Gasteiger partial charge in [-0.25, -0.2) is 4.57 Å². The van der Waals surface area contributed by atoms with E-state index in [1.54, 1.807) is 0 Å². The summed E-state index contributed by atoms with van der Waals surface area (Å²) < 4.78 is 35.2. The molecule has 82 valence electrons. The van der Waals surface area contributed by atoms with Crippen molar-refractivity contribution in [2.45, 2.75) is 0 Å². The number of rotatable bonds is 5. The first-order chi connectivity index (χ1) is 6.07. The van der Waals surface area contributed by atoms with Crippen LogP contribution < -0.4 is 0 Å². The first-order valence-corrected chi connectivity index (χ1v) is 6.60. The number of hydrogen-bond acceptors (Lipinski definition) is 7. The van der Waals surface area contributed by atoms with E-state index in [2.05, 4.69) is 8.62 Å². The fourth-order valence-electron chi connectivity index (χ4n) is 0.267. The maximum absolute atomic E-state index is 10.5. The van der Waals surface area contributed by atoms with Crippen molar-refractivity contribution in [2.75, 3.05) is 0 Å². The van der Waals surface area contributed by atoms with Crippen molar-refractivity contribution >= 4 is 23.8 Å². The average molecular weight is 270 g/mol. The number of phosphoric acid groups is 1. The van der Waals surface area contributed by atoms with E-state index in [9.17, 15) is 23.8 Å². The standard InChI is InChI=1S/H2NO10P3/c2-1(3)13(6,7)11-14(8,9)10-12(4)5/h(H2-,4,5,6,7,8,9)/p+1. The summed E-state index contributed by atoms with van der Waals surface area (Å²) >= 11 is 0. The van der Waals surface area contributed by atoms with Crippen LogP contribution in [0.2, 0.25) is 0 Å². The topological polar surface area (TPSA) is 174 Å². The van der Waals surface area contributed by atoms with Gasteiger partial charge in [-0.3, -0.25) is 19.9 Å². The largest absolute Gasteiger partial charge is 0.705 e. The lowest BCUT2D eigenvalue weighted by atomic mass is 13.4. The molecule has 0 spiro atoms. The highest BCUT2D eigenvalue weighted by atomic mass is 31.3. The van der Waals surface area contributed by atoms with E-state index in [4.69, 9.17) is 14.7 Å². The molecule has 0 rings (SSSR count). The van der Waals surface area contributed by atoms with E-state index in [1.807, 2.05) is 0 Å². The van der Waals surface area contributed by atoms with Gasteiger partial charge >= 0.3 is 23.8 Å². The Bertz CT molecular complexity index is 341. The summed E-state index contributed by atoms with van der Waals surface area (Å²) in [5.74, 6) is 0. The predicted octanol–water partition coefficient (Wildman–Crippen LogP) is 0.147. The number of nitro groups is 1. The smallest absolute Gasteiger partial charge is 0.300 e. The third kappa shape index (κ3) is 4.85. The Morgan fingerprint density at radius 1 is 1.36 bits per heavy atom. The van der Waals surface area contributed by atoms with Crippen molar-refractivity contribution in [1.29, 1.82) is 0 Å². The van der Waals surface area contributed by atoms with Crippen LogP contribution in [0.15, 0.2) is 0 Å². The summed E-state index contributed by atoms with van der Waals surface area (Å²) in [5.41, 5.74) is 0. The lowest BCUT2D eigenvalue weighted by Crippen LogP contribution is -1.98. The summed E-state index contributed by atoms with van der Waals surface area (Å²) in [6.45, 7) is 0. The molecule has 0 saturated heterocycles. The normalized spacial score (nSPS) is 20.6. The minimum atomic E-state index is -5.60. The summed E-state index contributed by atoms with van der Waals surface area (Å²) in [5, 5.41) is 9.73. The molecule has 0 aliphatic carbocycles. The first kappa shape index (κ1) is 13.8. The third-order valence-electron chi connectivity index (χ3n) is 0.589. The summed E-state index contributed by atoms with van der Waals surface area (Å²) in [6, 6.07) is 0. The number of nitrogens with zero attached hydrogens (tertiary/aromatic N) is 1. The van der Waals surface area contributed by atoms with Crippen molar-refractivity contribution in [3.8, 4) is 0 Å². The van der Waals surface area contributed by atoms with E-state index in [1.165, 1.54) is 0 Å². The maximum Gasteiger partial charge on any atom is 0.705 e. The molecule has 3 N–H and O–H groups in total. The molecule has 0 aromatic heterocycles. The van der Waals surface area contributed by atoms with Crippen molar-refractivity contribution < 1.29 is 41.7 Å². The second-order valence-electron chi connectivity index (χ2n) is 1.60. The molecule has 3 unspecified atom stereocenters. The Balaban J connectivity index is 4.68. The van der Waals surface area contributed by atoms with Gasteiger partial charge in [-0.15, -0.1) is 9.20 Å². The zero-order chi connectivity index (χ0) is 11.6. The molecule has 0 aromatic rings.